The Kier molecular flexibility index (Phi) is 6.55. The zero-order valence-electron chi connectivity index (χ0n) is 15.4. The van der Waals surface area contributed by atoms with Crippen molar-refractivity contribution in [2.75, 3.05) is 0 Å². The van der Waals surface area contributed by atoms with E-state index in [0.29, 0.717) is 17.4 Å². The molecule has 150 valence electrons. The van der Waals surface area contributed by atoms with Gasteiger partial charge in [-0.2, -0.15) is 0 Å². The average Bonchev–Trinajstić information content (AvgIpc) is 3.09. The smallest absolute Gasteiger partial charge is 0.363 e. The SMILES string of the molecule is O=C1OC(c2ccc(I)c(Br)c2)=N/C1=C\c1cccc(OCc2cccc(Cl)c2)c1. The van der Waals surface area contributed by atoms with E-state index >= 15 is 0 Å². The van der Waals surface area contributed by atoms with Gasteiger partial charge in [0.25, 0.3) is 0 Å². The first-order valence-electron chi connectivity index (χ1n) is 8.93. The van der Waals surface area contributed by atoms with Crippen LogP contribution in [0.5, 0.6) is 5.75 Å². The van der Waals surface area contributed by atoms with Gasteiger partial charge in [0.1, 0.15) is 12.4 Å². The fraction of sp³-hybridized carbons (Fsp3) is 0.0435. The van der Waals surface area contributed by atoms with Crippen molar-refractivity contribution < 1.29 is 14.3 Å². The molecule has 7 heteroatoms. The standard InChI is InChI=1S/C23H14BrClINO3/c24-19-12-16(7-8-20(19)26)22-27-21(23(28)30-22)11-14-3-2-6-18(10-14)29-13-15-4-1-5-17(25)9-15/h1-12H,13H2/b21-11-. The van der Waals surface area contributed by atoms with Gasteiger partial charge in [-0.3, -0.25) is 0 Å². The van der Waals surface area contributed by atoms with Crippen molar-refractivity contribution in [3.05, 3.63) is 102 Å². The van der Waals surface area contributed by atoms with E-state index in [-0.39, 0.29) is 11.6 Å². The average molecular weight is 595 g/mol. The van der Waals surface area contributed by atoms with Crippen LogP contribution < -0.4 is 4.74 Å². The number of benzene rings is 3. The van der Waals surface area contributed by atoms with Gasteiger partial charge in [-0.15, -0.1) is 0 Å². The van der Waals surface area contributed by atoms with Crippen LogP contribution in [0.3, 0.4) is 0 Å². The zero-order chi connectivity index (χ0) is 21.1. The number of ether oxygens (including phenoxy) is 2. The van der Waals surface area contributed by atoms with Crippen molar-refractivity contribution >= 4 is 68.1 Å². The molecule has 1 heterocycles. The van der Waals surface area contributed by atoms with E-state index in [2.05, 4.69) is 43.5 Å². The third kappa shape index (κ3) is 5.11. The predicted molar refractivity (Wildman–Crippen MR) is 130 cm³/mol. The molecule has 3 aromatic carbocycles. The molecule has 3 aromatic rings. The summed E-state index contributed by atoms with van der Waals surface area (Å²) in [7, 11) is 0. The molecule has 0 aliphatic carbocycles. The second-order valence-electron chi connectivity index (χ2n) is 6.46. The van der Waals surface area contributed by atoms with E-state index in [4.69, 9.17) is 21.1 Å². The van der Waals surface area contributed by atoms with Crippen molar-refractivity contribution in [2.45, 2.75) is 6.61 Å². The number of rotatable bonds is 5. The van der Waals surface area contributed by atoms with Crippen molar-refractivity contribution in [1.29, 1.82) is 0 Å². The summed E-state index contributed by atoms with van der Waals surface area (Å²) < 4.78 is 13.2. The Bertz CT molecular complexity index is 1190. The Labute approximate surface area is 200 Å². The summed E-state index contributed by atoms with van der Waals surface area (Å²) in [5, 5.41) is 0.670. The number of hydrogen-bond acceptors (Lipinski definition) is 4. The molecule has 0 spiro atoms. The molecule has 1 aliphatic rings. The molecule has 0 unspecified atom stereocenters. The molecule has 0 radical (unpaired) electrons. The lowest BCUT2D eigenvalue weighted by Gasteiger charge is -2.07. The van der Waals surface area contributed by atoms with Crippen LogP contribution in [0.25, 0.3) is 6.08 Å². The van der Waals surface area contributed by atoms with Gasteiger partial charge >= 0.3 is 5.97 Å². The van der Waals surface area contributed by atoms with Gasteiger partial charge in [-0.1, -0.05) is 35.9 Å². The number of cyclic esters (lactones) is 1. The molecular formula is C23H14BrClINO3. The maximum Gasteiger partial charge on any atom is 0.363 e. The fourth-order valence-corrected chi connectivity index (χ4v) is 3.73. The van der Waals surface area contributed by atoms with E-state index in [1.807, 2.05) is 66.7 Å². The Balaban J connectivity index is 1.52. The number of carbonyl (C=O) groups is 1. The van der Waals surface area contributed by atoms with Crippen LogP contribution in [0.15, 0.2) is 81.9 Å². The van der Waals surface area contributed by atoms with Crippen LogP contribution >= 0.6 is 50.1 Å². The van der Waals surface area contributed by atoms with Gasteiger partial charge < -0.3 is 9.47 Å². The second kappa shape index (κ2) is 9.32. The predicted octanol–water partition coefficient (Wildman–Crippen LogP) is 6.63. The number of esters is 1. The minimum atomic E-state index is -0.482. The highest BCUT2D eigenvalue weighted by molar-refractivity contribution is 14.1. The van der Waals surface area contributed by atoms with E-state index in [1.165, 1.54) is 0 Å². The molecule has 0 aromatic heterocycles. The van der Waals surface area contributed by atoms with Gasteiger partial charge in [-0.05, 0) is 98.2 Å². The van der Waals surface area contributed by atoms with Crippen LogP contribution in [0, 0.1) is 3.57 Å². The molecule has 0 fully saturated rings. The van der Waals surface area contributed by atoms with Gasteiger partial charge in [0, 0.05) is 18.6 Å². The lowest BCUT2D eigenvalue weighted by Crippen LogP contribution is -2.05. The van der Waals surface area contributed by atoms with Crippen LogP contribution in [0.1, 0.15) is 16.7 Å². The largest absolute Gasteiger partial charge is 0.489 e. The van der Waals surface area contributed by atoms with Crippen LogP contribution in [0.2, 0.25) is 5.02 Å². The van der Waals surface area contributed by atoms with Crippen molar-refractivity contribution in [3.63, 3.8) is 0 Å². The molecule has 0 saturated carbocycles. The summed E-state index contributed by atoms with van der Waals surface area (Å²) in [6.45, 7) is 0.395. The van der Waals surface area contributed by atoms with E-state index in [0.717, 1.165) is 24.7 Å². The summed E-state index contributed by atoms with van der Waals surface area (Å²) in [5.74, 6) is 0.489. The molecule has 1 aliphatic heterocycles. The van der Waals surface area contributed by atoms with Gasteiger partial charge in [0.2, 0.25) is 5.90 Å². The Morgan fingerprint density at radius 1 is 1.10 bits per heavy atom. The molecule has 0 N–H and O–H groups in total. The quantitative estimate of drug-likeness (QED) is 0.189. The fourth-order valence-electron chi connectivity index (χ4n) is 2.81. The summed E-state index contributed by atoms with van der Waals surface area (Å²) >= 11 is 11.7. The Morgan fingerprint density at radius 3 is 2.73 bits per heavy atom. The number of nitrogens with zero attached hydrogens (tertiary/aromatic N) is 1. The Hall–Kier alpha value is -2.16. The summed E-state index contributed by atoms with van der Waals surface area (Å²) in [4.78, 5) is 16.6. The van der Waals surface area contributed by atoms with Crippen LogP contribution in [-0.2, 0) is 16.1 Å². The molecule has 0 saturated heterocycles. The highest BCUT2D eigenvalue weighted by atomic mass is 127. The van der Waals surface area contributed by atoms with Crippen LogP contribution in [-0.4, -0.2) is 11.9 Å². The highest BCUT2D eigenvalue weighted by Crippen LogP contribution is 2.25. The highest BCUT2D eigenvalue weighted by Gasteiger charge is 2.24. The van der Waals surface area contributed by atoms with Crippen LogP contribution in [0.4, 0.5) is 0 Å². The molecule has 4 rings (SSSR count). The normalized spacial score (nSPS) is 14.6. The first-order valence-corrected chi connectivity index (χ1v) is 11.2. The molecule has 4 nitrogen and oxygen atoms in total. The van der Waals surface area contributed by atoms with Crippen molar-refractivity contribution in [1.82, 2.24) is 0 Å². The number of hydrogen-bond donors (Lipinski definition) is 0. The van der Waals surface area contributed by atoms with Crippen molar-refractivity contribution in [2.24, 2.45) is 4.99 Å². The maximum atomic E-state index is 12.3. The topological polar surface area (TPSA) is 47.9 Å². The van der Waals surface area contributed by atoms with Gasteiger partial charge in [-0.25, -0.2) is 9.79 Å². The van der Waals surface area contributed by atoms with E-state index < -0.39 is 5.97 Å². The number of aliphatic imine (C=N–C) groups is 1. The number of carbonyl (C=O) groups excluding carboxylic acids is 1. The van der Waals surface area contributed by atoms with E-state index in [9.17, 15) is 4.79 Å². The first kappa shape index (κ1) is 21.1. The minimum Gasteiger partial charge on any atom is -0.489 e. The minimum absolute atomic E-state index is 0.242. The molecule has 30 heavy (non-hydrogen) atoms. The van der Waals surface area contributed by atoms with Gasteiger partial charge in [0.05, 0.1) is 0 Å². The summed E-state index contributed by atoms with van der Waals surface area (Å²) in [5.41, 5.74) is 2.74. The zero-order valence-corrected chi connectivity index (χ0v) is 19.9. The van der Waals surface area contributed by atoms with E-state index in [1.54, 1.807) is 6.08 Å². The third-order valence-electron chi connectivity index (χ3n) is 4.24. The molecule has 0 amide bonds. The first-order chi connectivity index (χ1) is 14.5. The molecular weight excluding hydrogens is 581 g/mol. The monoisotopic (exact) mass is 593 g/mol. The summed E-state index contributed by atoms with van der Waals surface area (Å²) in [6, 6.07) is 20.6. The Morgan fingerprint density at radius 2 is 1.93 bits per heavy atom. The summed E-state index contributed by atoms with van der Waals surface area (Å²) in [6.07, 6.45) is 1.68. The lowest BCUT2D eigenvalue weighted by molar-refractivity contribution is -0.129. The van der Waals surface area contributed by atoms with Crippen molar-refractivity contribution in [3.8, 4) is 5.75 Å². The molecule has 0 bridgehead atoms. The lowest BCUT2D eigenvalue weighted by atomic mass is 10.2. The second-order valence-corrected chi connectivity index (χ2v) is 8.91. The molecule has 0 atom stereocenters. The maximum absolute atomic E-state index is 12.3. The third-order valence-corrected chi connectivity index (χ3v) is 6.82. The van der Waals surface area contributed by atoms with Gasteiger partial charge in [0.15, 0.2) is 5.70 Å². The number of halogens is 3.